The van der Waals surface area contributed by atoms with Crippen molar-refractivity contribution in [3.05, 3.63) is 164 Å². The minimum absolute atomic E-state index is 0.558. The molecule has 0 saturated carbocycles. The highest BCUT2D eigenvalue weighted by atomic mass is 32.1. The first-order valence-electron chi connectivity index (χ1n) is 18.7. The van der Waals surface area contributed by atoms with Gasteiger partial charge in [0.1, 0.15) is 28.0 Å². The zero-order valence-corrected chi connectivity index (χ0v) is 30.9. The second-order valence-corrected chi connectivity index (χ2v) is 15.1. The number of nitrogens with zero attached hydrogens (tertiary/aromatic N) is 5. The van der Waals surface area contributed by atoms with Crippen molar-refractivity contribution < 1.29 is 8.83 Å². The van der Waals surface area contributed by atoms with Gasteiger partial charge in [0.15, 0.2) is 28.9 Å². The first kappa shape index (κ1) is 31.8. The highest BCUT2D eigenvalue weighted by molar-refractivity contribution is 7.25. The van der Waals surface area contributed by atoms with Crippen molar-refractivity contribution in [1.82, 2.24) is 24.9 Å². The Kier molecular flexibility index (Phi) is 6.96. The third kappa shape index (κ3) is 5.08. The standard InChI is InChI=1S/C49H27N5O2S/c1-3-13-28(14-4-1)42-45-43(33-17-7-9-22-37(33)55-45)51-49(50-42)36-21-11-19-32-31-26-25-30(27-38(31)56-44(32)36)47-52-46(29-15-5-2-6-16-29)53-48(54-47)35-20-12-24-40-41(35)34-18-8-10-23-39(34)57-40/h1-27H. The fraction of sp³-hybridized carbons (Fsp3) is 0. The van der Waals surface area contributed by atoms with Crippen LogP contribution in [-0.2, 0) is 0 Å². The molecule has 0 amide bonds. The minimum Gasteiger partial charge on any atom is -0.455 e. The van der Waals surface area contributed by atoms with E-state index in [0.29, 0.717) is 40.0 Å². The van der Waals surface area contributed by atoms with Crippen LogP contribution in [0.5, 0.6) is 0 Å². The average Bonchev–Trinajstić information content (AvgIpc) is 3.97. The largest absolute Gasteiger partial charge is 0.455 e. The lowest BCUT2D eigenvalue weighted by atomic mass is 10.0. The van der Waals surface area contributed by atoms with Crippen LogP contribution in [0, 0.1) is 0 Å². The number of benzene rings is 7. The summed E-state index contributed by atoms with van der Waals surface area (Å²) in [5.41, 5.74) is 8.76. The molecule has 0 bridgehead atoms. The van der Waals surface area contributed by atoms with Gasteiger partial charge in [-0.3, -0.25) is 0 Å². The number of aromatic nitrogens is 5. The van der Waals surface area contributed by atoms with Crippen LogP contribution >= 0.6 is 11.3 Å². The van der Waals surface area contributed by atoms with E-state index in [9.17, 15) is 0 Å². The Labute approximate surface area is 328 Å². The molecule has 8 heteroatoms. The minimum atomic E-state index is 0.558. The number of rotatable bonds is 5. The smallest absolute Gasteiger partial charge is 0.180 e. The van der Waals surface area contributed by atoms with Gasteiger partial charge in [-0.25, -0.2) is 24.9 Å². The Morgan fingerprint density at radius 1 is 0.368 bits per heavy atom. The molecule has 0 aliphatic heterocycles. The zero-order valence-electron chi connectivity index (χ0n) is 30.0. The quantitative estimate of drug-likeness (QED) is 0.173. The topological polar surface area (TPSA) is 90.7 Å². The van der Waals surface area contributed by atoms with Gasteiger partial charge in [-0.2, -0.15) is 0 Å². The molecule has 0 fully saturated rings. The van der Waals surface area contributed by atoms with Crippen LogP contribution in [0.15, 0.2) is 173 Å². The fourth-order valence-electron chi connectivity index (χ4n) is 7.92. The van der Waals surface area contributed by atoms with Gasteiger partial charge in [0.05, 0.1) is 5.56 Å². The van der Waals surface area contributed by atoms with Gasteiger partial charge in [0.2, 0.25) is 0 Å². The first-order chi connectivity index (χ1) is 28.2. The summed E-state index contributed by atoms with van der Waals surface area (Å²) in [5, 5.41) is 5.21. The summed E-state index contributed by atoms with van der Waals surface area (Å²) in [7, 11) is 0. The molecule has 7 aromatic carbocycles. The third-order valence-electron chi connectivity index (χ3n) is 10.6. The molecule has 0 atom stereocenters. The van der Waals surface area contributed by atoms with Crippen molar-refractivity contribution in [3.63, 3.8) is 0 Å². The van der Waals surface area contributed by atoms with Crippen molar-refractivity contribution >= 4 is 75.5 Å². The molecule has 57 heavy (non-hydrogen) atoms. The first-order valence-corrected chi connectivity index (χ1v) is 19.5. The molecule has 5 aromatic heterocycles. The van der Waals surface area contributed by atoms with E-state index in [1.807, 2.05) is 103 Å². The summed E-state index contributed by atoms with van der Waals surface area (Å²) < 4.78 is 15.6. The predicted molar refractivity (Wildman–Crippen MR) is 230 cm³/mol. The van der Waals surface area contributed by atoms with Crippen molar-refractivity contribution in [1.29, 1.82) is 0 Å². The van der Waals surface area contributed by atoms with Crippen LogP contribution < -0.4 is 0 Å². The summed E-state index contributed by atoms with van der Waals surface area (Å²) in [4.78, 5) is 25.6. The Morgan fingerprint density at radius 2 is 1.00 bits per heavy atom. The van der Waals surface area contributed by atoms with E-state index in [2.05, 4.69) is 60.7 Å². The number of para-hydroxylation sites is 2. The molecular formula is C49H27N5O2S. The van der Waals surface area contributed by atoms with Gasteiger partial charge in [-0.15, -0.1) is 11.3 Å². The molecule has 12 rings (SSSR count). The number of thiophene rings is 1. The maximum Gasteiger partial charge on any atom is 0.180 e. The average molecular weight is 750 g/mol. The van der Waals surface area contributed by atoms with Crippen LogP contribution in [0.25, 0.3) is 121 Å². The van der Waals surface area contributed by atoms with E-state index >= 15 is 0 Å². The van der Waals surface area contributed by atoms with Crippen molar-refractivity contribution in [2.45, 2.75) is 0 Å². The van der Waals surface area contributed by atoms with E-state index in [0.717, 1.165) is 66.2 Å². The predicted octanol–water partition coefficient (Wildman–Crippen LogP) is 13.2. The van der Waals surface area contributed by atoms with E-state index in [-0.39, 0.29) is 0 Å². The molecule has 5 heterocycles. The molecule has 266 valence electrons. The van der Waals surface area contributed by atoms with Crippen molar-refractivity contribution in [2.24, 2.45) is 0 Å². The SMILES string of the molecule is c1ccc(-c2nc(-c3ccc4c(c3)oc3c(-c5nc(-c6ccccc6)c6oc7ccccc7c6n5)cccc34)nc(-c3cccc4sc5ccccc5c34)n2)cc1. The molecule has 12 aromatic rings. The van der Waals surface area contributed by atoms with E-state index < -0.39 is 0 Å². The van der Waals surface area contributed by atoms with Gasteiger partial charge in [-0.1, -0.05) is 121 Å². The lowest BCUT2D eigenvalue weighted by Gasteiger charge is -2.09. The molecule has 0 radical (unpaired) electrons. The van der Waals surface area contributed by atoms with Gasteiger partial charge >= 0.3 is 0 Å². The lowest BCUT2D eigenvalue weighted by Crippen LogP contribution is -2.00. The maximum absolute atomic E-state index is 6.78. The molecule has 0 N–H and O–H groups in total. The van der Waals surface area contributed by atoms with Gasteiger partial charge in [0.25, 0.3) is 0 Å². The number of hydrogen-bond donors (Lipinski definition) is 0. The third-order valence-corrected chi connectivity index (χ3v) is 11.7. The Morgan fingerprint density at radius 3 is 1.86 bits per heavy atom. The van der Waals surface area contributed by atoms with Crippen LogP contribution in [0.1, 0.15) is 0 Å². The Bertz CT molecular complexity index is 3540. The second kappa shape index (κ2) is 12.5. The van der Waals surface area contributed by atoms with Crippen molar-refractivity contribution in [2.75, 3.05) is 0 Å². The van der Waals surface area contributed by atoms with Gasteiger partial charge in [0, 0.05) is 58.6 Å². The highest BCUT2D eigenvalue weighted by Crippen LogP contribution is 2.42. The van der Waals surface area contributed by atoms with Crippen LogP contribution in [0.4, 0.5) is 0 Å². The normalized spacial score (nSPS) is 11.9. The molecule has 7 nitrogen and oxygen atoms in total. The molecule has 0 aliphatic carbocycles. The highest BCUT2D eigenvalue weighted by Gasteiger charge is 2.22. The van der Waals surface area contributed by atoms with Crippen LogP contribution in [-0.4, -0.2) is 24.9 Å². The zero-order chi connectivity index (χ0) is 37.5. The summed E-state index contributed by atoms with van der Waals surface area (Å²) in [6, 6.07) is 55.3. The Balaban J connectivity index is 1.04. The lowest BCUT2D eigenvalue weighted by molar-refractivity contribution is 0.666. The molecule has 0 unspecified atom stereocenters. The molecular weight excluding hydrogens is 723 g/mol. The molecule has 0 saturated heterocycles. The summed E-state index contributed by atoms with van der Waals surface area (Å²) in [6.07, 6.45) is 0. The second-order valence-electron chi connectivity index (χ2n) is 14.0. The van der Waals surface area contributed by atoms with Crippen LogP contribution in [0.2, 0.25) is 0 Å². The summed E-state index contributed by atoms with van der Waals surface area (Å²) in [5.74, 6) is 2.34. The monoisotopic (exact) mass is 749 g/mol. The van der Waals surface area contributed by atoms with Gasteiger partial charge < -0.3 is 8.83 Å². The Hall–Kier alpha value is -7.55. The van der Waals surface area contributed by atoms with Crippen LogP contribution in [0.3, 0.4) is 0 Å². The van der Waals surface area contributed by atoms with E-state index in [1.54, 1.807) is 11.3 Å². The molecule has 0 spiro atoms. The maximum atomic E-state index is 6.78. The number of fused-ring (bicyclic) bond motifs is 9. The van der Waals surface area contributed by atoms with Crippen molar-refractivity contribution in [3.8, 4) is 56.8 Å². The van der Waals surface area contributed by atoms with E-state index in [1.165, 1.54) is 14.8 Å². The molecule has 0 aliphatic rings. The summed E-state index contributed by atoms with van der Waals surface area (Å²) >= 11 is 1.78. The number of hydrogen-bond acceptors (Lipinski definition) is 8. The number of furan rings is 2. The van der Waals surface area contributed by atoms with E-state index in [4.69, 9.17) is 33.8 Å². The fourth-order valence-corrected chi connectivity index (χ4v) is 9.05. The summed E-state index contributed by atoms with van der Waals surface area (Å²) in [6.45, 7) is 0. The van der Waals surface area contributed by atoms with Gasteiger partial charge in [-0.05, 0) is 42.5 Å².